The van der Waals surface area contributed by atoms with Crippen molar-refractivity contribution in [2.24, 2.45) is 0 Å². The van der Waals surface area contributed by atoms with E-state index in [1.807, 2.05) is 12.1 Å². The van der Waals surface area contributed by atoms with Gasteiger partial charge in [0, 0.05) is 16.7 Å². The molecular weight excluding hydrogens is 279 g/mol. The van der Waals surface area contributed by atoms with Gasteiger partial charge in [0.25, 0.3) is 0 Å². The molecule has 2 nitrogen and oxygen atoms in total. The van der Waals surface area contributed by atoms with Gasteiger partial charge in [0.1, 0.15) is 5.76 Å². The number of hydrogen-bond donors (Lipinski definition) is 0. The van der Waals surface area contributed by atoms with E-state index in [1.165, 1.54) is 0 Å². The van der Waals surface area contributed by atoms with Gasteiger partial charge in [-0.3, -0.25) is 4.79 Å². The molecule has 0 spiro atoms. The number of benzene rings is 1. The van der Waals surface area contributed by atoms with E-state index in [9.17, 15) is 4.79 Å². The quantitative estimate of drug-likeness (QED) is 0.775. The summed E-state index contributed by atoms with van der Waals surface area (Å²) in [6, 6.07) is 8.84. The first kappa shape index (κ1) is 10.5. The van der Waals surface area contributed by atoms with Gasteiger partial charge in [0.05, 0.1) is 4.47 Å². The van der Waals surface area contributed by atoms with Crippen molar-refractivity contribution < 1.29 is 9.21 Å². The van der Waals surface area contributed by atoms with E-state index in [1.54, 1.807) is 18.2 Å². The van der Waals surface area contributed by atoms with Crippen molar-refractivity contribution >= 4 is 33.8 Å². The average molecular weight is 286 g/mol. The fraction of sp³-hybridized carbons (Fsp3) is 0. The Balaban J connectivity index is 2.48. The van der Waals surface area contributed by atoms with E-state index in [0.29, 0.717) is 22.8 Å². The van der Waals surface area contributed by atoms with Crippen molar-refractivity contribution in [2.75, 3.05) is 0 Å². The van der Waals surface area contributed by atoms with E-state index in [0.717, 1.165) is 10.0 Å². The minimum Gasteiger partial charge on any atom is -0.452 e. The molecule has 1 aromatic heterocycles. The van der Waals surface area contributed by atoms with Crippen LogP contribution in [-0.2, 0) is 0 Å². The largest absolute Gasteiger partial charge is 0.452 e. The van der Waals surface area contributed by atoms with Crippen molar-refractivity contribution in [3.63, 3.8) is 0 Å². The zero-order valence-corrected chi connectivity index (χ0v) is 9.88. The molecule has 0 radical (unpaired) electrons. The first-order valence-electron chi connectivity index (χ1n) is 4.21. The van der Waals surface area contributed by atoms with Gasteiger partial charge in [-0.1, -0.05) is 11.6 Å². The van der Waals surface area contributed by atoms with E-state index < -0.39 is 0 Å². The molecule has 15 heavy (non-hydrogen) atoms. The summed E-state index contributed by atoms with van der Waals surface area (Å²) < 4.78 is 6.09. The standard InChI is InChI=1S/C11H6BrClO2/c12-10-5-9(6-14)15-11(10)7-1-3-8(13)4-2-7/h1-6H. The fourth-order valence-electron chi connectivity index (χ4n) is 1.24. The molecule has 4 heteroatoms. The van der Waals surface area contributed by atoms with Gasteiger partial charge in [-0.25, -0.2) is 0 Å². The van der Waals surface area contributed by atoms with Crippen LogP contribution in [0.3, 0.4) is 0 Å². The Bertz CT molecular complexity index is 488. The number of furan rings is 1. The summed E-state index contributed by atoms with van der Waals surface area (Å²) in [5.74, 6) is 0.931. The fourth-order valence-corrected chi connectivity index (χ4v) is 1.90. The van der Waals surface area contributed by atoms with Crippen LogP contribution < -0.4 is 0 Å². The van der Waals surface area contributed by atoms with Crippen molar-refractivity contribution in [3.8, 4) is 11.3 Å². The highest BCUT2D eigenvalue weighted by Crippen LogP contribution is 2.31. The molecule has 2 aromatic rings. The lowest BCUT2D eigenvalue weighted by Gasteiger charge is -1.97. The molecule has 0 amide bonds. The summed E-state index contributed by atoms with van der Waals surface area (Å²) in [6.07, 6.45) is 0.671. The van der Waals surface area contributed by atoms with Crippen molar-refractivity contribution in [1.82, 2.24) is 0 Å². The van der Waals surface area contributed by atoms with Gasteiger partial charge >= 0.3 is 0 Å². The molecule has 2 rings (SSSR count). The number of aldehydes is 1. The zero-order chi connectivity index (χ0) is 10.8. The molecule has 0 saturated carbocycles. The second-order valence-corrected chi connectivity index (χ2v) is 4.24. The average Bonchev–Trinajstić information content (AvgIpc) is 2.61. The first-order valence-corrected chi connectivity index (χ1v) is 5.38. The minimum absolute atomic E-state index is 0.298. The van der Waals surface area contributed by atoms with Crippen LogP contribution in [0.25, 0.3) is 11.3 Å². The van der Waals surface area contributed by atoms with Gasteiger partial charge < -0.3 is 4.42 Å². The van der Waals surface area contributed by atoms with Crippen molar-refractivity contribution in [3.05, 3.63) is 45.6 Å². The molecule has 0 aliphatic carbocycles. The predicted molar refractivity (Wildman–Crippen MR) is 62.2 cm³/mol. The molecule has 76 valence electrons. The number of carbonyl (C=O) groups is 1. The number of halogens is 2. The molecule has 1 aromatic carbocycles. The van der Waals surface area contributed by atoms with E-state index in [2.05, 4.69) is 15.9 Å². The lowest BCUT2D eigenvalue weighted by molar-refractivity contribution is 0.110. The molecule has 0 N–H and O–H groups in total. The Kier molecular flexibility index (Phi) is 2.93. The van der Waals surface area contributed by atoms with Crippen LogP contribution in [0.2, 0.25) is 5.02 Å². The van der Waals surface area contributed by atoms with E-state index in [-0.39, 0.29) is 0 Å². The predicted octanol–water partition coefficient (Wildman–Crippen LogP) is 4.18. The maximum absolute atomic E-state index is 10.5. The second kappa shape index (κ2) is 4.21. The van der Waals surface area contributed by atoms with Crippen LogP contribution >= 0.6 is 27.5 Å². The molecule has 0 saturated heterocycles. The Labute approximate surface area is 100.0 Å². The van der Waals surface area contributed by atoms with Gasteiger partial charge in [0.2, 0.25) is 0 Å². The third-order valence-electron chi connectivity index (χ3n) is 1.93. The van der Waals surface area contributed by atoms with Crippen LogP contribution in [0.1, 0.15) is 10.6 Å². The van der Waals surface area contributed by atoms with Gasteiger partial charge in [-0.05, 0) is 40.2 Å². The lowest BCUT2D eigenvalue weighted by Crippen LogP contribution is -1.74. The van der Waals surface area contributed by atoms with Crippen LogP contribution in [0.4, 0.5) is 0 Å². The highest BCUT2D eigenvalue weighted by atomic mass is 79.9. The molecule has 1 heterocycles. The summed E-state index contributed by atoms with van der Waals surface area (Å²) in [5, 5.41) is 0.664. The third-order valence-corrected chi connectivity index (χ3v) is 2.77. The number of hydrogen-bond acceptors (Lipinski definition) is 2. The van der Waals surface area contributed by atoms with Crippen LogP contribution in [0, 0.1) is 0 Å². The second-order valence-electron chi connectivity index (χ2n) is 2.95. The highest BCUT2D eigenvalue weighted by Gasteiger charge is 2.10. The third kappa shape index (κ3) is 2.13. The number of rotatable bonds is 2. The van der Waals surface area contributed by atoms with Crippen molar-refractivity contribution in [1.29, 1.82) is 0 Å². The van der Waals surface area contributed by atoms with Gasteiger partial charge in [-0.15, -0.1) is 0 Å². The highest BCUT2D eigenvalue weighted by molar-refractivity contribution is 9.10. The first-order chi connectivity index (χ1) is 7.20. The van der Waals surface area contributed by atoms with E-state index in [4.69, 9.17) is 16.0 Å². The Morgan fingerprint density at radius 1 is 1.27 bits per heavy atom. The molecule has 0 fully saturated rings. The van der Waals surface area contributed by atoms with Crippen LogP contribution in [0.15, 0.2) is 39.2 Å². The Morgan fingerprint density at radius 3 is 2.47 bits per heavy atom. The minimum atomic E-state index is 0.298. The van der Waals surface area contributed by atoms with Crippen LogP contribution in [0.5, 0.6) is 0 Å². The monoisotopic (exact) mass is 284 g/mol. The molecule has 0 aliphatic heterocycles. The Hall–Kier alpha value is -1.06. The summed E-state index contributed by atoms with van der Waals surface area (Å²) in [6.45, 7) is 0. The van der Waals surface area contributed by atoms with Gasteiger partial charge in [0.15, 0.2) is 12.0 Å². The van der Waals surface area contributed by atoms with Gasteiger partial charge in [-0.2, -0.15) is 0 Å². The Morgan fingerprint density at radius 2 is 1.93 bits per heavy atom. The molecule has 0 aliphatic rings. The zero-order valence-electron chi connectivity index (χ0n) is 7.54. The molecule has 0 unspecified atom stereocenters. The van der Waals surface area contributed by atoms with Crippen LogP contribution in [-0.4, -0.2) is 6.29 Å². The summed E-state index contributed by atoms with van der Waals surface area (Å²) >= 11 is 9.10. The maximum Gasteiger partial charge on any atom is 0.185 e. The SMILES string of the molecule is O=Cc1cc(Br)c(-c2ccc(Cl)cc2)o1. The molecule has 0 atom stereocenters. The number of carbonyl (C=O) groups excluding carboxylic acids is 1. The smallest absolute Gasteiger partial charge is 0.185 e. The maximum atomic E-state index is 10.5. The van der Waals surface area contributed by atoms with Crippen molar-refractivity contribution in [2.45, 2.75) is 0 Å². The summed E-state index contributed by atoms with van der Waals surface area (Å²) in [7, 11) is 0. The topological polar surface area (TPSA) is 30.2 Å². The molecule has 0 bridgehead atoms. The summed E-state index contributed by atoms with van der Waals surface area (Å²) in [5.41, 5.74) is 0.874. The normalized spacial score (nSPS) is 10.3. The van der Waals surface area contributed by atoms with E-state index >= 15 is 0 Å². The lowest BCUT2D eigenvalue weighted by atomic mass is 10.2. The molecular formula is C11H6BrClO2. The summed E-state index contributed by atoms with van der Waals surface area (Å²) in [4.78, 5) is 10.5.